The zero-order chi connectivity index (χ0) is 14.4. The lowest BCUT2D eigenvalue weighted by molar-refractivity contribution is 0.404. The SMILES string of the molecule is COc1ccc(C(C)NCCc2cccnc2)c(O)c1. The van der Waals surface area contributed by atoms with Crippen LogP contribution in [0.15, 0.2) is 42.7 Å². The highest BCUT2D eigenvalue weighted by molar-refractivity contribution is 5.41. The number of phenolic OH excluding ortho intramolecular Hbond substituents is 1. The molecule has 20 heavy (non-hydrogen) atoms. The van der Waals surface area contributed by atoms with E-state index in [4.69, 9.17) is 4.74 Å². The maximum atomic E-state index is 9.98. The van der Waals surface area contributed by atoms with Crippen LogP contribution >= 0.6 is 0 Å². The summed E-state index contributed by atoms with van der Waals surface area (Å²) in [6.07, 6.45) is 4.56. The Hall–Kier alpha value is -2.07. The number of benzene rings is 1. The Labute approximate surface area is 119 Å². The van der Waals surface area contributed by atoms with Crippen LogP contribution in [0.4, 0.5) is 0 Å². The number of rotatable bonds is 6. The summed E-state index contributed by atoms with van der Waals surface area (Å²) in [5.74, 6) is 0.916. The van der Waals surface area contributed by atoms with Gasteiger partial charge in [-0.1, -0.05) is 12.1 Å². The molecule has 0 amide bonds. The first-order valence-corrected chi connectivity index (χ1v) is 6.70. The van der Waals surface area contributed by atoms with E-state index in [1.807, 2.05) is 31.3 Å². The van der Waals surface area contributed by atoms with Gasteiger partial charge in [-0.25, -0.2) is 0 Å². The number of pyridine rings is 1. The average molecular weight is 272 g/mol. The summed E-state index contributed by atoms with van der Waals surface area (Å²) in [7, 11) is 1.59. The molecule has 1 heterocycles. The molecule has 2 rings (SSSR count). The number of methoxy groups -OCH3 is 1. The first kappa shape index (κ1) is 14.3. The van der Waals surface area contributed by atoms with E-state index >= 15 is 0 Å². The van der Waals surface area contributed by atoms with Crippen LogP contribution in [-0.2, 0) is 6.42 Å². The Morgan fingerprint density at radius 1 is 1.35 bits per heavy atom. The highest BCUT2D eigenvalue weighted by Gasteiger charge is 2.10. The van der Waals surface area contributed by atoms with E-state index in [1.54, 1.807) is 19.4 Å². The molecule has 0 fully saturated rings. The summed E-state index contributed by atoms with van der Waals surface area (Å²) >= 11 is 0. The van der Waals surface area contributed by atoms with Crippen LogP contribution in [0.3, 0.4) is 0 Å². The fourth-order valence-electron chi connectivity index (χ4n) is 2.11. The lowest BCUT2D eigenvalue weighted by atomic mass is 10.1. The highest BCUT2D eigenvalue weighted by Crippen LogP contribution is 2.28. The minimum absolute atomic E-state index is 0.0811. The first-order chi connectivity index (χ1) is 9.70. The molecule has 2 N–H and O–H groups in total. The second-order valence-corrected chi connectivity index (χ2v) is 4.71. The van der Waals surface area contributed by atoms with E-state index < -0.39 is 0 Å². The van der Waals surface area contributed by atoms with Crippen LogP contribution in [0.2, 0.25) is 0 Å². The van der Waals surface area contributed by atoms with Crippen molar-refractivity contribution in [3.63, 3.8) is 0 Å². The van der Waals surface area contributed by atoms with E-state index in [0.717, 1.165) is 18.5 Å². The third kappa shape index (κ3) is 3.71. The maximum absolute atomic E-state index is 9.98. The molecular weight excluding hydrogens is 252 g/mol. The fourth-order valence-corrected chi connectivity index (χ4v) is 2.11. The summed E-state index contributed by atoms with van der Waals surface area (Å²) < 4.78 is 5.08. The van der Waals surface area contributed by atoms with E-state index in [9.17, 15) is 5.11 Å². The number of nitrogens with zero attached hydrogens (tertiary/aromatic N) is 1. The summed E-state index contributed by atoms with van der Waals surface area (Å²) in [4.78, 5) is 4.09. The molecule has 2 aromatic rings. The Morgan fingerprint density at radius 2 is 2.20 bits per heavy atom. The zero-order valence-electron chi connectivity index (χ0n) is 11.8. The molecule has 0 bridgehead atoms. The van der Waals surface area contributed by atoms with Crippen LogP contribution in [0.5, 0.6) is 11.5 Å². The molecular formula is C16H20N2O2. The molecule has 0 aliphatic rings. The molecule has 4 heteroatoms. The van der Waals surface area contributed by atoms with Gasteiger partial charge in [0.05, 0.1) is 7.11 Å². The first-order valence-electron chi connectivity index (χ1n) is 6.70. The molecule has 1 atom stereocenters. The van der Waals surface area contributed by atoms with E-state index in [1.165, 1.54) is 5.56 Å². The van der Waals surface area contributed by atoms with Crippen molar-refractivity contribution in [3.8, 4) is 11.5 Å². The van der Waals surface area contributed by atoms with Gasteiger partial charge in [0.15, 0.2) is 0 Å². The van der Waals surface area contributed by atoms with Gasteiger partial charge in [-0.2, -0.15) is 0 Å². The third-order valence-electron chi connectivity index (χ3n) is 3.29. The minimum atomic E-state index is 0.0811. The third-order valence-corrected chi connectivity index (χ3v) is 3.29. The van der Waals surface area contributed by atoms with Gasteiger partial charge in [-0.15, -0.1) is 0 Å². The predicted octanol–water partition coefficient (Wildman–Crippen LogP) is 2.69. The quantitative estimate of drug-likeness (QED) is 0.849. The van der Waals surface area contributed by atoms with Gasteiger partial charge in [0.25, 0.3) is 0 Å². The van der Waals surface area contributed by atoms with Crippen molar-refractivity contribution >= 4 is 0 Å². The van der Waals surface area contributed by atoms with Crippen molar-refractivity contribution in [1.29, 1.82) is 0 Å². The molecule has 1 aromatic heterocycles. The number of ether oxygens (including phenoxy) is 1. The Balaban J connectivity index is 1.90. The van der Waals surface area contributed by atoms with Crippen LogP contribution in [0, 0.1) is 0 Å². The van der Waals surface area contributed by atoms with Crippen molar-refractivity contribution in [2.75, 3.05) is 13.7 Å². The molecule has 0 radical (unpaired) electrons. The summed E-state index contributed by atoms with van der Waals surface area (Å²) in [5, 5.41) is 13.4. The largest absolute Gasteiger partial charge is 0.507 e. The number of phenols is 1. The highest BCUT2D eigenvalue weighted by atomic mass is 16.5. The molecule has 1 unspecified atom stereocenters. The average Bonchev–Trinajstić information content (AvgIpc) is 2.48. The summed E-state index contributed by atoms with van der Waals surface area (Å²) in [6, 6.07) is 9.45. The van der Waals surface area contributed by atoms with Crippen molar-refractivity contribution in [2.45, 2.75) is 19.4 Å². The standard InChI is InChI=1S/C16H20N2O2/c1-12(15-6-5-14(20-2)10-16(15)19)18-9-7-13-4-3-8-17-11-13/h3-6,8,10-12,18-19H,7,9H2,1-2H3. The van der Waals surface area contributed by atoms with Gasteiger partial charge in [0.1, 0.15) is 11.5 Å². The predicted molar refractivity (Wildman–Crippen MR) is 79.0 cm³/mol. The van der Waals surface area contributed by atoms with Crippen molar-refractivity contribution in [1.82, 2.24) is 10.3 Å². The van der Waals surface area contributed by atoms with Crippen LogP contribution in [0.1, 0.15) is 24.1 Å². The van der Waals surface area contributed by atoms with Crippen LogP contribution in [-0.4, -0.2) is 23.7 Å². The van der Waals surface area contributed by atoms with Crippen LogP contribution < -0.4 is 10.1 Å². The Morgan fingerprint density at radius 3 is 2.85 bits per heavy atom. The van der Waals surface area contributed by atoms with Gasteiger partial charge < -0.3 is 15.2 Å². The fraction of sp³-hybridized carbons (Fsp3) is 0.312. The number of hydrogen-bond acceptors (Lipinski definition) is 4. The lowest BCUT2D eigenvalue weighted by Crippen LogP contribution is -2.21. The minimum Gasteiger partial charge on any atom is -0.507 e. The topological polar surface area (TPSA) is 54.4 Å². The molecule has 0 saturated carbocycles. The van der Waals surface area contributed by atoms with E-state index in [2.05, 4.69) is 16.4 Å². The molecule has 1 aromatic carbocycles. The lowest BCUT2D eigenvalue weighted by Gasteiger charge is -2.16. The van der Waals surface area contributed by atoms with Gasteiger partial charge in [-0.05, 0) is 37.6 Å². The molecule has 4 nitrogen and oxygen atoms in total. The maximum Gasteiger partial charge on any atom is 0.124 e. The van der Waals surface area contributed by atoms with Crippen LogP contribution in [0.25, 0.3) is 0 Å². The second-order valence-electron chi connectivity index (χ2n) is 4.71. The molecule has 0 spiro atoms. The molecule has 0 saturated heterocycles. The second kappa shape index (κ2) is 6.91. The van der Waals surface area contributed by atoms with Gasteiger partial charge in [-0.3, -0.25) is 4.98 Å². The summed E-state index contributed by atoms with van der Waals surface area (Å²) in [5.41, 5.74) is 2.07. The van der Waals surface area contributed by atoms with Crippen molar-refractivity contribution in [2.24, 2.45) is 0 Å². The van der Waals surface area contributed by atoms with Crippen molar-refractivity contribution < 1.29 is 9.84 Å². The Bertz CT molecular complexity index is 543. The normalized spacial score (nSPS) is 12.1. The van der Waals surface area contributed by atoms with Gasteiger partial charge >= 0.3 is 0 Å². The monoisotopic (exact) mass is 272 g/mol. The smallest absolute Gasteiger partial charge is 0.124 e. The number of nitrogens with one attached hydrogen (secondary N) is 1. The number of aromatic nitrogens is 1. The Kier molecular flexibility index (Phi) is 4.96. The number of hydrogen-bond donors (Lipinski definition) is 2. The molecule has 106 valence electrons. The molecule has 0 aliphatic carbocycles. The van der Waals surface area contributed by atoms with E-state index in [0.29, 0.717) is 5.75 Å². The van der Waals surface area contributed by atoms with Gasteiger partial charge in [0, 0.05) is 30.1 Å². The van der Waals surface area contributed by atoms with Crippen molar-refractivity contribution in [3.05, 3.63) is 53.9 Å². The van der Waals surface area contributed by atoms with Gasteiger partial charge in [0.2, 0.25) is 0 Å². The summed E-state index contributed by atoms with van der Waals surface area (Å²) in [6.45, 7) is 2.86. The molecule has 0 aliphatic heterocycles. The number of aromatic hydroxyl groups is 1. The van der Waals surface area contributed by atoms with E-state index in [-0.39, 0.29) is 11.8 Å². The zero-order valence-corrected chi connectivity index (χ0v) is 11.8.